The van der Waals surface area contributed by atoms with Gasteiger partial charge in [0, 0.05) is 63.4 Å². The Morgan fingerprint density at radius 2 is 1.98 bits per heavy atom. The molecular weight excluding hydrogens is 640 g/mol. The Kier molecular flexibility index (Phi) is 8.66. The molecule has 15 nitrogen and oxygen atoms in total. The summed E-state index contributed by atoms with van der Waals surface area (Å²) in [5.74, 6) is 0.783. The lowest BCUT2D eigenvalue weighted by Crippen LogP contribution is -2.41. The Labute approximate surface area is 288 Å². The van der Waals surface area contributed by atoms with Crippen molar-refractivity contribution in [2.24, 2.45) is 5.92 Å². The van der Waals surface area contributed by atoms with Crippen molar-refractivity contribution in [2.45, 2.75) is 25.4 Å². The monoisotopic (exact) mass is 680 g/mol. The molecule has 260 valence electrons. The third-order valence-electron chi connectivity index (χ3n) is 9.79. The van der Waals surface area contributed by atoms with Crippen LogP contribution in [0.15, 0.2) is 49.1 Å². The van der Waals surface area contributed by atoms with Crippen molar-refractivity contribution in [2.75, 3.05) is 71.9 Å². The van der Waals surface area contributed by atoms with Gasteiger partial charge in [0.15, 0.2) is 11.3 Å². The Bertz CT molecular complexity index is 2050. The van der Waals surface area contributed by atoms with Crippen molar-refractivity contribution in [3.63, 3.8) is 0 Å². The zero-order valence-corrected chi connectivity index (χ0v) is 28.2. The quantitative estimate of drug-likeness (QED) is 0.220. The summed E-state index contributed by atoms with van der Waals surface area (Å²) >= 11 is 0. The summed E-state index contributed by atoms with van der Waals surface area (Å²) in [5.41, 5.74) is 4.41. The SMILES string of the molecule is COc1cc2c(cc1-n1nc(C(=O)NCCN3CCC(C(=O)O[C@@H]4CCN(C)C4)CC3)c3cnc(-c4cnn5cccnc45)cc31)OCCN2. The largest absolute Gasteiger partial charge is 0.494 e. The lowest BCUT2D eigenvalue weighted by atomic mass is 9.97. The van der Waals surface area contributed by atoms with Crippen LogP contribution in [0.3, 0.4) is 0 Å². The van der Waals surface area contributed by atoms with E-state index in [1.807, 2.05) is 37.5 Å². The number of nitrogens with one attached hydrogen (secondary N) is 2. The first-order chi connectivity index (χ1) is 24.4. The third-order valence-corrected chi connectivity index (χ3v) is 9.79. The number of amides is 1. The van der Waals surface area contributed by atoms with E-state index in [0.717, 1.165) is 56.7 Å². The Hall–Kier alpha value is -5.28. The molecule has 0 bridgehead atoms. The van der Waals surface area contributed by atoms with Gasteiger partial charge in [-0.2, -0.15) is 10.2 Å². The highest BCUT2D eigenvalue weighted by Crippen LogP contribution is 2.38. The summed E-state index contributed by atoms with van der Waals surface area (Å²) in [6.07, 6.45) is 9.35. The van der Waals surface area contributed by atoms with Crippen molar-refractivity contribution < 1.29 is 23.8 Å². The number of likely N-dealkylation sites (tertiary alicyclic amines) is 2. The van der Waals surface area contributed by atoms with Crippen LogP contribution < -0.4 is 20.1 Å². The van der Waals surface area contributed by atoms with E-state index in [0.29, 0.717) is 65.7 Å². The van der Waals surface area contributed by atoms with Crippen molar-refractivity contribution >= 4 is 34.1 Å². The minimum Gasteiger partial charge on any atom is -0.494 e. The maximum atomic E-state index is 13.8. The zero-order valence-electron chi connectivity index (χ0n) is 28.2. The molecule has 1 aromatic carbocycles. The summed E-state index contributed by atoms with van der Waals surface area (Å²) < 4.78 is 20.9. The van der Waals surface area contributed by atoms with Gasteiger partial charge in [-0.15, -0.1) is 0 Å². The number of aromatic nitrogens is 6. The van der Waals surface area contributed by atoms with Crippen LogP contribution >= 0.6 is 0 Å². The molecular formula is C35H40N10O5. The number of piperidine rings is 1. The average molecular weight is 681 g/mol. The second-order valence-corrected chi connectivity index (χ2v) is 13.1. The predicted octanol–water partition coefficient (Wildman–Crippen LogP) is 2.63. The van der Waals surface area contributed by atoms with E-state index in [-0.39, 0.29) is 29.6 Å². The molecule has 2 N–H and O–H groups in total. The van der Waals surface area contributed by atoms with E-state index >= 15 is 0 Å². The lowest BCUT2D eigenvalue weighted by Gasteiger charge is -2.31. The fourth-order valence-electron chi connectivity index (χ4n) is 7.05. The van der Waals surface area contributed by atoms with E-state index < -0.39 is 0 Å². The number of hydrogen-bond acceptors (Lipinski definition) is 12. The number of hydrogen-bond donors (Lipinski definition) is 2. The Morgan fingerprint density at radius 1 is 1.10 bits per heavy atom. The molecule has 0 spiro atoms. The summed E-state index contributed by atoms with van der Waals surface area (Å²) in [5, 5.41) is 16.3. The number of likely N-dealkylation sites (N-methyl/N-ethyl adjacent to an activating group) is 1. The third kappa shape index (κ3) is 6.18. The molecule has 0 radical (unpaired) electrons. The molecule has 0 unspecified atom stereocenters. The highest BCUT2D eigenvalue weighted by Gasteiger charge is 2.30. The van der Waals surface area contributed by atoms with Gasteiger partial charge in [-0.05, 0) is 51.5 Å². The molecule has 3 aliphatic rings. The molecule has 50 heavy (non-hydrogen) atoms. The van der Waals surface area contributed by atoms with Gasteiger partial charge in [0.2, 0.25) is 0 Å². The van der Waals surface area contributed by atoms with Gasteiger partial charge in [-0.1, -0.05) is 0 Å². The molecule has 2 saturated heterocycles. The molecule has 8 rings (SSSR count). The smallest absolute Gasteiger partial charge is 0.309 e. The van der Waals surface area contributed by atoms with E-state index in [1.54, 1.807) is 34.9 Å². The Balaban J connectivity index is 1.02. The van der Waals surface area contributed by atoms with Crippen LogP contribution in [0.2, 0.25) is 0 Å². The highest BCUT2D eigenvalue weighted by atomic mass is 16.5. The first-order valence-electron chi connectivity index (χ1n) is 17.1. The first-order valence-corrected chi connectivity index (χ1v) is 17.1. The number of rotatable bonds is 9. The van der Waals surface area contributed by atoms with Crippen LogP contribution in [0.25, 0.3) is 33.5 Å². The fourth-order valence-corrected chi connectivity index (χ4v) is 7.05. The van der Waals surface area contributed by atoms with Crippen LogP contribution in [0.5, 0.6) is 11.5 Å². The molecule has 0 aliphatic carbocycles. The second-order valence-electron chi connectivity index (χ2n) is 13.1. The molecule has 0 saturated carbocycles. The Morgan fingerprint density at radius 3 is 2.80 bits per heavy atom. The number of carbonyl (C=O) groups excluding carboxylic acids is 2. The number of nitrogens with zero attached hydrogens (tertiary/aromatic N) is 8. The molecule has 15 heteroatoms. The average Bonchev–Trinajstić information content (AvgIpc) is 3.87. The summed E-state index contributed by atoms with van der Waals surface area (Å²) in [4.78, 5) is 40.2. The van der Waals surface area contributed by atoms with Gasteiger partial charge < -0.3 is 34.6 Å². The van der Waals surface area contributed by atoms with Gasteiger partial charge >= 0.3 is 5.97 Å². The summed E-state index contributed by atoms with van der Waals surface area (Å²) in [6, 6.07) is 7.46. The molecule has 1 amide bonds. The van der Waals surface area contributed by atoms with E-state index in [4.69, 9.17) is 24.3 Å². The minimum absolute atomic E-state index is 0.00352. The maximum absolute atomic E-state index is 13.8. The number of esters is 1. The molecule has 7 heterocycles. The number of methoxy groups -OCH3 is 1. The normalized spacial score (nSPS) is 18.5. The number of pyridine rings is 1. The molecule has 4 aromatic heterocycles. The summed E-state index contributed by atoms with van der Waals surface area (Å²) in [7, 11) is 3.65. The molecule has 1 atom stereocenters. The van der Waals surface area contributed by atoms with Crippen LogP contribution in [0.4, 0.5) is 5.69 Å². The van der Waals surface area contributed by atoms with E-state index in [1.165, 1.54) is 0 Å². The number of benzene rings is 1. The van der Waals surface area contributed by atoms with Crippen LogP contribution in [0, 0.1) is 5.92 Å². The van der Waals surface area contributed by atoms with Crippen LogP contribution in [0.1, 0.15) is 29.8 Å². The van der Waals surface area contributed by atoms with Crippen LogP contribution in [-0.4, -0.2) is 124 Å². The van der Waals surface area contributed by atoms with Gasteiger partial charge in [0.25, 0.3) is 5.91 Å². The van der Waals surface area contributed by atoms with Gasteiger partial charge in [0.1, 0.15) is 29.9 Å². The molecule has 2 fully saturated rings. The van der Waals surface area contributed by atoms with Crippen molar-refractivity contribution in [3.05, 3.63) is 54.7 Å². The minimum atomic E-state index is -0.309. The standard InChI is InChI=1S/C35H40N10O5/c1-42-11-6-23(21-42)50-35(47)22-4-12-43(13-5-22)14-8-38-34(46)32-25-19-39-26(24-20-40-44-10-3-7-37-33(24)44)16-28(25)45(41-32)29-18-30-27(17-31(29)48-2)36-9-15-49-30/h3,7,10,16-20,22-23,36H,4-6,8-9,11-15,21H2,1-2H3,(H,38,46)/t23-/m1/s1. The van der Waals surface area contributed by atoms with Gasteiger partial charge in [-0.25, -0.2) is 14.2 Å². The summed E-state index contributed by atoms with van der Waals surface area (Å²) in [6.45, 7) is 5.63. The number of carbonyl (C=O) groups is 2. The number of anilines is 1. The van der Waals surface area contributed by atoms with Crippen molar-refractivity contribution in [1.82, 2.24) is 44.5 Å². The number of fused-ring (bicyclic) bond motifs is 3. The highest BCUT2D eigenvalue weighted by molar-refractivity contribution is 6.05. The second kappa shape index (κ2) is 13.6. The van der Waals surface area contributed by atoms with Gasteiger partial charge in [-0.3, -0.25) is 14.6 Å². The fraction of sp³-hybridized carbons (Fsp3) is 0.429. The topological polar surface area (TPSA) is 153 Å². The lowest BCUT2D eigenvalue weighted by molar-refractivity contribution is -0.155. The zero-order chi connectivity index (χ0) is 34.2. The maximum Gasteiger partial charge on any atom is 0.309 e. The first kappa shape index (κ1) is 32.0. The van der Waals surface area contributed by atoms with E-state index in [9.17, 15) is 9.59 Å². The number of ether oxygens (including phenoxy) is 3. The molecule has 5 aromatic rings. The van der Waals surface area contributed by atoms with Gasteiger partial charge in [0.05, 0.1) is 47.1 Å². The molecule has 3 aliphatic heterocycles. The van der Waals surface area contributed by atoms with Crippen LogP contribution in [-0.2, 0) is 9.53 Å². The predicted molar refractivity (Wildman–Crippen MR) is 185 cm³/mol. The van der Waals surface area contributed by atoms with Crippen molar-refractivity contribution in [3.8, 4) is 28.4 Å². The van der Waals surface area contributed by atoms with Crippen molar-refractivity contribution in [1.29, 1.82) is 0 Å². The van der Waals surface area contributed by atoms with E-state index in [2.05, 4.69) is 30.5 Å².